The predicted molar refractivity (Wildman–Crippen MR) is 117 cm³/mol. The zero-order valence-corrected chi connectivity index (χ0v) is 19.9. The third kappa shape index (κ3) is 4.22. The van der Waals surface area contributed by atoms with Crippen LogP contribution in [0.2, 0.25) is 0 Å². The number of piperidine rings is 1. The van der Waals surface area contributed by atoms with Gasteiger partial charge in [-0.15, -0.1) is 0 Å². The lowest BCUT2D eigenvalue weighted by molar-refractivity contribution is -0.196. The molecule has 2 saturated carbocycles. The Bertz CT molecular complexity index is 807. The molecule has 3 N–H and O–H groups in total. The largest absolute Gasteiger partial charge is 0.392 e. The number of carbonyl (C=O) groups excluding carboxylic acids is 2. The second kappa shape index (κ2) is 8.90. The fourth-order valence-electron chi connectivity index (χ4n) is 6.88. The molecular weight excluding hydrogens is 451 g/mol. The molecule has 7 atom stereocenters. The van der Waals surface area contributed by atoms with Gasteiger partial charge >= 0.3 is 6.18 Å². The van der Waals surface area contributed by atoms with Gasteiger partial charge in [-0.25, -0.2) is 5.43 Å². The minimum atomic E-state index is -4.22. The highest BCUT2D eigenvalue weighted by Crippen LogP contribution is 2.46. The van der Waals surface area contributed by atoms with E-state index in [0.717, 1.165) is 12.8 Å². The van der Waals surface area contributed by atoms with Crippen molar-refractivity contribution in [1.29, 1.82) is 0 Å². The number of nitrogens with one attached hydrogen (secondary N) is 3. The van der Waals surface area contributed by atoms with Crippen molar-refractivity contribution in [2.24, 2.45) is 17.8 Å². The molecule has 5 aliphatic rings. The van der Waals surface area contributed by atoms with E-state index in [1.54, 1.807) is 16.9 Å². The van der Waals surface area contributed by atoms with Gasteiger partial charge in [0.15, 0.2) is 0 Å². The van der Waals surface area contributed by atoms with Crippen LogP contribution in [-0.4, -0.2) is 91.4 Å². The van der Waals surface area contributed by atoms with Crippen LogP contribution < -0.4 is 16.2 Å². The van der Waals surface area contributed by atoms with Crippen LogP contribution in [0.1, 0.15) is 44.9 Å². The lowest BCUT2D eigenvalue weighted by Crippen LogP contribution is -2.56. The summed E-state index contributed by atoms with van der Waals surface area (Å²) in [6, 6.07) is -1.20. The van der Waals surface area contributed by atoms with E-state index >= 15 is 0 Å². The molecule has 2 amide bonds. The number of alkyl halides is 3. The summed E-state index contributed by atoms with van der Waals surface area (Å²) in [5.74, 6) is -2.09. The number of methoxy groups -OCH3 is 1. The minimum Gasteiger partial charge on any atom is -0.382 e. The fraction of sp³-hybridized carbons (Fsp3) is 0.913. The van der Waals surface area contributed by atoms with Gasteiger partial charge in [0, 0.05) is 45.2 Å². The molecule has 0 aromatic carbocycles. The number of likely N-dealkylation sites (tertiary alicyclic amines) is 1. The Kier molecular flexibility index (Phi) is 6.35. The summed E-state index contributed by atoms with van der Waals surface area (Å²) < 4.78 is 46.0. The molecule has 5 rings (SSSR count). The van der Waals surface area contributed by atoms with Gasteiger partial charge in [-0.05, 0) is 44.4 Å². The zero-order valence-electron chi connectivity index (χ0n) is 19.9. The molecule has 0 aromatic rings. The van der Waals surface area contributed by atoms with Crippen LogP contribution in [0.3, 0.4) is 0 Å². The number of likely N-dealkylation sites (N-methyl/N-ethyl adjacent to an activating group) is 1. The van der Waals surface area contributed by atoms with Gasteiger partial charge in [-0.1, -0.05) is 6.42 Å². The molecule has 0 spiro atoms. The van der Waals surface area contributed by atoms with Crippen molar-refractivity contribution < 1.29 is 27.5 Å². The van der Waals surface area contributed by atoms with E-state index in [1.165, 1.54) is 0 Å². The van der Waals surface area contributed by atoms with Crippen molar-refractivity contribution >= 4 is 11.8 Å². The van der Waals surface area contributed by atoms with Gasteiger partial charge < -0.3 is 19.9 Å². The minimum absolute atomic E-state index is 0.0121. The molecule has 5 fully saturated rings. The van der Waals surface area contributed by atoms with Gasteiger partial charge in [-0.2, -0.15) is 13.2 Å². The van der Waals surface area contributed by atoms with E-state index in [0.29, 0.717) is 39.0 Å². The summed E-state index contributed by atoms with van der Waals surface area (Å²) in [6.45, 7) is 1.46. The highest BCUT2D eigenvalue weighted by molar-refractivity contribution is 5.85. The first-order valence-electron chi connectivity index (χ1n) is 12.5. The van der Waals surface area contributed by atoms with E-state index in [4.69, 9.17) is 4.74 Å². The second-order valence-corrected chi connectivity index (χ2v) is 11.0. The van der Waals surface area contributed by atoms with Crippen LogP contribution >= 0.6 is 0 Å². The number of halogens is 3. The topological polar surface area (TPSA) is 85.9 Å². The first-order chi connectivity index (χ1) is 16.1. The maximum Gasteiger partial charge on any atom is 0.392 e. The first kappa shape index (κ1) is 24.3. The van der Waals surface area contributed by atoms with E-state index in [9.17, 15) is 22.8 Å². The van der Waals surface area contributed by atoms with Crippen molar-refractivity contribution in [2.45, 2.75) is 80.8 Å². The molecule has 2 aliphatic carbocycles. The standard InChI is InChI=1S/C23H36F3N5O3/c1-30(22(7-8-22)12-34-2)21(33)19-14-11-31(9-6-17(14)28-29-19)20(32)18-10-13-15(23(24,25)26)4-3-5-16(13)27-18/h13-19,27-29H,3-12H2,1-2H3. The van der Waals surface area contributed by atoms with E-state index in [-0.39, 0.29) is 48.2 Å². The number of amides is 2. The molecule has 3 aliphatic heterocycles. The molecule has 3 heterocycles. The Morgan fingerprint density at radius 1 is 1.12 bits per heavy atom. The van der Waals surface area contributed by atoms with E-state index in [2.05, 4.69) is 16.2 Å². The SMILES string of the molecule is COCC1(N(C)C(=O)C2NNC3CCN(C(=O)C4CC5C(CCCC5C(F)(F)F)N4)CC32)CC1. The van der Waals surface area contributed by atoms with Crippen LogP contribution in [0.15, 0.2) is 0 Å². The zero-order chi connectivity index (χ0) is 24.3. The molecule has 192 valence electrons. The molecule has 7 unspecified atom stereocenters. The van der Waals surface area contributed by atoms with E-state index in [1.807, 2.05) is 7.05 Å². The van der Waals surface area contributed by atoms with Crippen LogP contribution in [-0.2, 0) is 14.3 Å². The Hall–Kier alpha value is -1.43. The van der Waals surface area contributed by atoms with Crippen molar-refractivity contribution in [3.8, 4) is 0 Å². The highest BCUT2D eigenvalue weighted by atomic mass is 19.4. The Balaban J connectivity index is 1.23. The highest BCUT2D eigenvalue weighted by Gasteiger charge is 2.55. The summed E-state index contributed by atoms with van der Waals surface area (Å²) in [7, 11) is 3.45. The number of carbonyl (C=O) groups is 2. The van der Waals surface area contributed by atoms with Gasteiger partial charge in [0.1, 0.15) is 6.04 Å². The monoisotopic (exact) mass is 487 g/mol. The maximum absolute atomic E-state index is 13.5. The van der Waals surface area contributed by atoms with Crippen molar-refractivity contribution in [3.63, 3.8) is 0 Å². The third-order valence-electron chi connectivity index (χ3n) is 9.08. The first-order valence-corrected chi connectivity index (χ1v) is 12.5. The predicted octanol–water partition coefficient (Wildman–Crippen LogP) is 1.03. The normalized spacial score (nSPS) is 38.9. The Morgan fingerprint density at radius 2 is 1.88 bits per heavy atom. The van der Waals surface area contributed by atoms with E-state index < -0.39 is 30.1 Å². The molecular formula is C23H36F3N5O3. The molecule has 3 saturated heterocycles. The lowest BCUT2D eigenvalue weighted by Gasteiger charge is -2.38. The quantitative estimate of drug-likeness (QED) is 0.537. The van der Waals surface area contributed by atoms with Crippen LogP contribution in [0.25, 0.3) is 0 Å². The smallest absolute Gasteiger partial charge is 0.382 e. The third-order valence-corrected chi connectivity index (χ3v) is 9.08. The van der Waals surface area contributed by atoms with Gasteiger partial charge in [-0.3, -0.25) is 15.0 Å². The molecule has 34 heavy (non-hydrogen) atoms. The number of rotatable bonds is 5. The summed E-state index contributed by atoms with van der Waals surface area (Å²) in [5.41, 5.74) is 6.14. The summed E-state index contributed by atoms with van der Waals surface area (Å²) in [6.07, 6.45) is -0.0846. The lowest BCUT2D eigenvalue weighted by atomic mass is 9.75. The van der Waals surface area contributed by atoms with Gasteiger partial charge in [0.25, 0.3) is 0 Å². The number of nitrogens with zero attached hydrogens (tertiary/aromatic N) is 2. The Morgan fingerprint density at radius 3 is 2.56 bits per heavy atom. The van der Waals surface area contributed by atoms with Gasteiger partial charge in [0.05, 0.1) is 24.1 Å². The average Bonchev–Trinajstić information content (AvgIpc) is 3.27. The summed E-state index contributed by atoms with van der Waals surface area (Å²) in [4.78, 5) is 30.3. The number of ether oxygens (including phenoxy) is 1. The fourth-order valence-corrected chi connectivity index (χ4v) is 6.88. The summed E-state index contributed by atoms with van der Waals surface area (Å²) in [5, 5.41) is 3.23. The maximum atomic E-state index is 13.5. The molecule has 0 radical (unpaired) electrons. The number of hydrogen-bond acceptors (Lipinski definition) is 6. The number of hydrogen-bond donors (Lipinski definition) is 3. The van der Waals surface area contributed by atoms with Crippen LogP contribution in [0.5, 0.6) is 0 Å². The van der Waals surface area contributed by atoms with Gasteiger partial charge in [0.2, 0.25) is 11.8 Å². The Labute approximate surface area is 198 Å². The van der Waals surface area contributed by atoms with Crippen LogP contribution in [0, 0.1) is 17.8 Å². The second-order valence-electron chi connectivity index (χ2n) is 11.0. The van der Waals surface area contributed by atoms with Crippen molar-refractivity contribution in [1.82, 2.24) is 26.0 Å². The molecule has 0 bridgehead atoms. The van der Waals surface area contributed by atoms with Crippen molar-refractivity contribution in [3.05, 3.63) is 0 Å². The van der Waals surface area contributed by atoms with Crippen LogP contribution in [0.4, 0.5) is 13.2 Å². The summed E-state index contributed by atoms with van der Waals surface area (Å²) >= 11 is 0. The molecule has 8 nitrogen and oxygen atoms in total. The number of fused-ring (bicyclic) bond motifs is 2. The molecule has 0 aromatic heterocycles. The van der Waals surface area contributed by atoms with Crippen molar-refractivity contribution in [2.75, 3.05) is 33.9 Å². The average molecular weight is 488 g/mol. The molecule has 11 heteroatoms. The number of hydrazine groups is 1.